The second-order valence-corrected chi connectivity index (χ2v) is 4.53. The first-order valence-electron chi connectivity index (χ1n) is 6.20. The highest BCUT2D eigenvalue weighted by Gasteiger charge is 2.32. The van der Waals surface area contributed by atoms with Gasteiger partial charge in [0.1, 0.15) is 12.8 Å². The van der Waals surface area contributed by atoms with Crippen molar-refractivity contribution in [3.05, 3.63) is 35.9 Å². The van der Waals surface area contributed by atoms with Crippen molar-refractivity contribution in [2.24, 2.45) is 5.92 Å². The lowest BCUT2D eigenvalue weighted by atomic mass is 9.98. The summed E-state index contributed by atoms with van der Waals surface area (Å²) in [5.41, 5.74) is 0.896. The van der Waals surface area contributed by atoms with Gasteiger partial charge in [-0.25, -0.2) is 9.18 Å². The van der Waals surface area contributed by atoms with Crippen LogP contribution in [-0.4, -0.2) is 30.3 Å². The van der Waals surface area contributed by atoms with E-state index in [1.165, 1.54) is 4.90 Å². The molecule has 0 spiro atoms. The van der Waals surface area contributed by atoms with E-state index in [9.17, 15) is 9.18 Å². The van der Waals surface area contributed by atoms with Gasteiger partial charge in [-0.15, -0.1) is 0 Å². The summed E-state index contributed by atoms with van der Waals surface area (Å²) in [4.78, 5) is 13.2. The predicted molar refractivity (Wildman–Crippen MR) is 66.8 cm³/mol. The summed E-state index contributed by atoms with van der Waals surface area (Å²) in [6, 6.07) is 11.2. The largest absolute Gasteiger partial charge is 0.445 e. The van der Waals surface area contributed by atoms with E-state index in [0.717, 1.165) is 5.56 Å². The van der Waals surface area contributed by atoms with Gasteiger partial charge < -0.3 is 9.64 Å². The number of nitrogens with zero attached hydrogens (tertiary/aromatic N) is 2. The summed E-state index contributed by atoms with van der Waals surface area (Å²) in [6.45, 7) is 0.588. The number of hydrogen-bond acceptors (Lipinski definition) is 3. The Labute approximate surface area is 111 Å². The summed E-state index contributed by atoms with van der Waals surface area (Å²) in [6.07, 6.45) is -1.45. The van der Waals surface area contributed by atoms with E-state index in [1.807, 2.05) is 36.4 Å². The summed E-state index contributed by atoms with van der Waals surface area (Å²) in [5, 5.41) is 8.80. The number of piperidine rings is 1. The van der Waals surface area contributed by atoms with Crippen LogP contribution in [0.3, 0.4) is 0 Å². The minimum atomic E-state index is -1.15. The van der Waals surface area contributed by atoms with E-state index < -0.39 is 18.2 Å². The van der Waals surface area contributed by atoms with E-state index in [1.54, 1.807) is 0 Å². The van der Waals surface area contributed by atoms with Gasteiger partial charge in [-0.05, 0) is 12.0 Å². The lowest BCUT2D eigenvalue weighted by Crippen LogP contribution is -2.44. The smallest absolute Gasteiger partial charge is 0.410 e. The second-order valence-electron chi connectivity index (χ2n) is 4.53. The van der Waals surface area contributed by atoms with Crippen molar-refractivity contribution in [2.45, 2.75) is 19.2 Å². The third-order valence-electron chi connectivity index (χ3n) is 3.16. The molecule has 2 atom stereocenters. The lowest BCUT2D eigenvalue weighted by molar-refractivity contribution is 0.0655. The summed E-state index contributed by atoms with van der Waals surface area (Å²) in [5.74, 6) is -0.752. The van der Waals surface area contributed by atoms with Gasteiger partial charge in [0.2, 0.25) is 0 Å². The molecule has 0 unspecified atom stereocenters. The highest BCUT2D eigenvalue weighted by atomic mass is 19.1. The Morgan fingerprint density at radius 1 is 1.47 bits per heavy atom. The first-order valence-corrected chi connectivity index (χ1v) is 6.20. The van der Waals surface area contributed by atoms with Gasteiger partial charge >= 0.3 is 6.09 Å². The van der Waals surface area contributed by atoms with E-state index in [0.29, 0.717) is 6.54 Å². The molecule has 1 aromatic carbocycles. The van der Waals surface area contributed by atoms with Gasteiger partial charge in [0.05, 0.1) is 12.0 Å². The Morgan fingerprint density at radius 3 is 2.89 bits per heavy atom. The Kier molecular flexibility index (Phi) is 4.35. The standard InChI is InChI=1S/C14H15FN2O2/c15-13-6-7-17(9-12(13)8-16)14(18)19-10-11-4-2-1-3-5-11/h1-5,12-13H,6-7,9-10H2/t12-,13+/m1/s1. The molecular formula is C14H15FN2O2. The maximum Gasteiger partial charge on any atom is 0.410 e. The number of rotatable bonds is 2. The van der Waals surface area contributed by atoms with E-state index in [2.05, 4.69) is 0 Å². The van der Waals surface area contributed by atoms with Crippen LogP contribution >= 0.6 is 0 Å². The Morgan fingerprint density at radius 2 is 2.21 bits per heavy atom. The molecule has 1 heterocycles. The molecule has 0 aliphatic carbocycles. The van der Waals surface area contributed by atoms with Gasteiger partial charge in [-0.2, -0.15) is 5.26 Å². The van der Waals surface area contributed by atoms with Crippen LogP contribution in [0.4, 0.5) is 9.18 Å². The van der Waals surface area contributed by atoms with Gasteiger partial charge in [-0.3, -0.25) is 0 Å². The Hall–Kier alpha value is -2.09. The monoisotopic (exact) mass is 262 g/mol. The quantitative estimate of drug-likeness (QED) is 0.822. The molecule has 1 amide bonds. The molecule has 1 aliphatic heterocycles. The molecule has 1 aliphatic rings. The number of halogens is 1. The van der Waals surface area contributed by atoms with Crippen molar-refractivity contribution < 1.29 is 13.9 Å². The second kappa shape index (κ2) is 6.19. The van der Waals surface area contributed by atoms with Crippen LogP contribution in [0.15, 0.2) is 30.3 Å². The van der Waals surface area contributed by atoms with E-state index >= 15 is 0 Å². The number of alkyl halides is 1. The molecule has 5 heteroatoms. The normalized spacial score (nSPS) is 22.6. The number of carbonyl (C=O) groups is 1. The molecule has 0 radical (unpaired) electrons. The van der Waals surface area contributed by atoms with Crippen LogP contribution in [-0.2, 0) is 11.3 Å². The van der Waals surface area contributed by atoms with Crippen LogP contribution in [0.25, 0.3) is 0 Å². The number of carbonyl (C=O) groups excluding carboxylic acids is 1. The Balaban J connectivity index is 1.85. The third-order valence-corrected chi connectivity index (χ3v) is 3.16. The van der Waals surface area contributed by atoms with E-state index in [-0.39, 0.29) is 19.6 Å². The molecule has 0 bridgehead atoms. The fourth-order valence-corrected chi connectivity index (χ4v) is 2.02. The highest BCUT2D eigenvalue weighted by Crippen LogP contribution is 2.20. The maximum absolute atomic E-state index is 13.3. The van der Waals surface area contributed by atoms with E-state index in [4.69, 9.17) is 10.00 Å². The van der Waals surface area contributed by atoms with Crippen molar-refractivity contribution in [2.75, 3.05) is 13.1 Å². The molecular weight excluding hydrogens is 247 g/mol. The highest BCUT2D eigenvalue weighted by molar-refractivity contribution is 5.67. The van der Waals surface area contributed by atoms with Crippen molar-refractivity contribution in [1.82, 2.24) is 4.90 Å². The van der Waals surface area contributed by atoms with Crippen LogP contribution in [0.2, 0.25) is 0 Å². The molecule has 0 saturated carbocycles. The molecule has 19 heavy (non-hydrogen) atoms. The zero-order valence-electron chi connectivity index (χ0n) is 10.5. The molecule has 0 aromatic heterocycles. The number of nitriles is 1. The van der Waals surface area contributed by atoms with Crippen LogP contribution in [0, 0.1) is 17.2 Å². The van der Waals surface area contributed by atoms with Crippen molar-refractivity contribution in [1.29, 1.82) is 5.26 Å². The minimum Gasteiger partial charge on any atom is -0.445 e. The van der Waals surface area contributed by atoms with Gasteiger partial charge in [-0.1, -0.05) is 30.3 Å². The average molecular weight is 262 g/mol. The van der Waals surface area contributed by atoms with Gasteiger partial charge in [0.25, 0.3) is 0 Å². The topological polar surface area (TPSA) is 53.3 Å². The lowest BCUT2D eigenvalue weighted by Gasteiger charge is -2.31. The van der Waals surface area contributed by atoms with Crippen molar-refractivity contribution in [3.63, 3.8) is 0 Å². The number of benzene rings is 1. The molecule has 0 N–H and O–H groups in total. The molecule has 100 valence electrons. The van der Waals surface area contributed by atoms with Crippen molar-refractivity contribution in [3.8, 4) is 6.07 Å². The number of hydrogen-bond donors (Lipinski definition) is 0. The van der Waals surface area contributed by atoms with Gasteiger partial charge in [0, 0.05) is 13.1 Å². The fraction of sp³-hybridized carbons (Fsp3) is 0.429. The number of amides is 1. The number of likely N-dealkylation sites (tertiary alicyclic amines) is 1. The van der Waals surface area contributed by atoms with Crippen LogP contribution in [0.5, 0.6) is 0 Å². The Bertz CT molecular complexity index is 472. The zero-order valence-corrected chi connectivity index (χ0v) is 10.5. The molecule has 4 nitrogen and oxygen atoms in total. The minimum absolute atomic E-state index is 0.102. The summed E-state index contributed by atoms with van der Waals surface area (Å²) >= 11 is 0. The maximum atomic E-state index is 13.3. The molecule has 1 fully saturated rings. The van der Waals surface area contributed by atoms with Crippen LogP contribution in [0.1, 0.15) is 12.0 Å². The van der Waals surface area contributed by atoms with Crippen molar-refractivity contribution >= 4 is 6.09 Å². The first kappa shape index (κ1) is 13.3. The molecule has 1 aromatic rings. The predicted octanol–water partition coefficient (Wildman–Crippen LogP) is 2.51. The van der Waals surface area contributed by atoms with Crippen LogP contribution < -0.4 is 0 Å². The third kappa shape index (κ3) is 3.44. The molecule has 1 saturated heterocycles. The average Bonchev–Trinajstić information content (AvgIpc) is 2.46. The molecule has 2 rings (SSSR count). The SMILES string of the molecule is N#C[C@@H]1CN(C(=O)OCc2ccccc2)CC[C@@H]1F. The summed E-state index contributed by atoms with van der Waals surface area (Å²) in [7, 11) is 0. The number of ether oxygens (including phenoxy) is 1. The zero-order chi connectivity index (χ0) is 13.7. The summed E-state index contributed by atoms with van der Waals surface area (Å²) < 4.78 is 18.5. The fourth-order valence-electron chi connectivity index (χ4n) is 2.02. The van der Waals surface area contributed by atoms with Gasteiger partial charge in [0.15, 0.2) is 0 Å². The first-order chi connectivity index (χ1) is 9.20.